The van der Waals surface area contributed by atoms with E-state index < -0.39 is 0 Å². The number of nitrogens with zero attached hydrogens (tertiary/aromatic N) is 2. The first-order valence-electron chi connectivity index (χ1n) is 9.41. The minimum atomic E-state index is 0.108. The van der Waals surface area contributed by atoms with Crippen molar-refractivity contribution in [1.82, 2.24) is 9.88 Å². The summed E-state index contributed by atoms with van der Waals surface area (Å²) in [5.41, 5.74) is 2.50. The van der Waals surface area contributed by atoms with Crippen molar-refractivity contribution in [1.29, 1.82) is 0 Å². The van der Waals surface area contributed by atoms with Gasteiger partial charge in [0.2, 0.25) is 0 Å². The molecule has 1 aromatic heterocycles. The highest BCUT2D eigenvalue weighted by Crippen LogP contribution is 2.30. The molecule has 4 heteroatoms. The Morgan fingerprint density at radius 3 is 2.48 bits per heavy atom. The van der Waals surface area contributed by atoms with Crippen molar-refractivity contribution in [3.63, 3.8) is 0 Å². The number of benzene rings is 3. The van der Waals surface area contributed by atoms with Gasteiger partial charge in [-0.05, 0) is 47.9 Å². The monoisotopic (exact) mass is 356 g/mol. The van der Waals surface area contributed by atoms with Crippen LogP contribution < -0.4 is 0 Å². The molecule has 1 aliphatic heterocycles. The molecule has 0 unspecified atom stereocenters. The van der Waals surface area contributed by atoms with Gasteiger partial charge in [-0.1, -0.05) is 42.5 Å². The summed E-state index contributed by atoms with van der Waals surface area (Å²) < 4.78 is 5.92. The minimum absolute atomic E-state index is 0.108. The molecule has 3 aromatic carbocycles. The largest absolute Gasteiger partial charge is 0.440 e. The fraction of sp³-hybridized carbons (Fsp3) is 0.217. The van der Waals surface area contributed by atoms with Gasteiger partial charge in [0.15, 0.2) is 11.5 Å². The van der Waals surface area contributed by atoms with Crippen LogP contribution in [0.3, 0.4) is 0 Å². The SMILES string of the molecule is O=C(c1ccc2ccccc2c1)N1CCC(c2nc3ccccc3o2)CC1. The third-order valence-corrected chi connectivity index (χ3v) is 5.44. The number of hydrogen-bond acceptors (Lipinski definition) is 3. The maximum atomic E-state index is 12.9. The van der Waals surface area contributed by atoms with Crippen molar-refractivity contribution in [3.8, 4) is 0 Å². The van der Waals surface area contributed by atoms with Gasteiger partial charge in [0.05, 0.1) is 0 Å². The van der Waals surface area contributed by atoms with E-state index >= 15 is 0 Å². The van der Waals surface area contributed by atoms with E-state index in [1.165, 1.54) is 0 Å². The zero-order valence-electron chi connectivity index (χ0n) is 15.0. The Morgan fingerprint density at radius 2 is 1.67 bits per heavy atom. The Hall–Kier alpha value is -3.14. The molecule has 0 N–H and O–H groups in total. The molecule has 27 heavy (non-hydrogen) atoms. The number of hydrogen-bond donors (Lipinski definition) is 0. The quantitative estimate of drug-likeness (QED) is 0.508. The summed E-state index contributed by atoms with van der Waals surface area (Å²) in [6.45, 7) is 1.46. The van der Waals surface area contributed by atoms with Crippen molar-refractivity contribution in [2.45, 2.75) is 18.8 Å². The van der Waals surface area contributed by atoms with Crippen LogP contribution in [0.5, 0.6) is 0 Å². The summed E-state index contributed by atoms with van der Waals surface area (Å²) in [5.74, 6) is 1.18. The van der Waals surface area contributed by atoms with Gasteiger partial charge in [0.25, 0.3) is 5.91 Å². The number of fused-ring (bicyclic) bond motifs is 2. The fourth-order valence-electron chi connectivity index (χ4n) is 3.90. The van der Waals surface area contributed by atoms with Gasteiger partial charge in [-0.25, -0.2) is 4.98 Å². The van der Waals surface area contributed by atoms with Crippen molar-refractivity contribution >= 4 is 27.8 Å². The molecular weight excluding hydrogens is 336 g/mol. The summed E-state index contributed by atoms with van der Waals surface area (Å²) in [4.78, 5) is 19.5. The lowest BCUT2D eigenvalue weighted by Crippen LogP contribution is -2.38. The molecule has 0 saturated carbocycles. The lowest BCUT2D eigenvalue weighted by molar-refractivity contribution is 0.0707. The molecule has 4 nitrogen and oxygen atoms in total. The van der Waals surface area contributed by atoms with E-state index in [0.29, 0.717) is 0 Å². The van der Waals surface area contributed by atoms with E-state index in [0.717, 1.165) is 59.3 Å². The third kappa shape index (κ3) is 2.97. The predicted molar refractivity (Wildman–Crippen MR) is 106 cm³/mol. The maximum Gasteiger partial charge on any atom is 0.253 e. The van der Waals surface area contributed by atoms with E-state index in [2.05, 4.69) is 11.1 Å². The van der Waals surface area contributed by atoms with Crippen LogP contribution in [0, 0.1) is 0 Å². The molecule has 2 heterocycles. The number of rotatable bonds is 2. The average Bonchev–Trinajstić information content (AvgIpc) is 3.17. The molecule has 1 fully saturated rings. The second kappa shape index (κ2) is 6.54. The number of oxazole rings is 1. The number of amides is 1. The van der Waals surface area contributed by atoms with Gasteiger partial charge in [0.1, 0.15) is 5.52 Å². The van der Waals surface area contributed by atoms with Crippen LogP contribution in [-0.2, 0) is 0 Å². The molecule has 1 saturated heterocycles. The topological polar surface area (TPSA) is 46.3 Å². The average molecular weight is 356 g/mol. The highest BCUT2D eigenvalue weighted by Gasteiger charge is 2.27. The van der Waals surface area contributed by atoms with Gasteiger partial charge >= 0.3 is 0 Å². The molecule has 0 aliphatic carbocycles. The number of carbonyl (C=O) groups is 1. The molecule has 1 aliphatic rings. The first-order chi connectivity index (χ1) is 13.3. The zero-order valence-corrected chi connectivity index (χ0v) is 15.0. The Morgan fingerprint density at radius 1 is 0.926 bits per heavy atom. The van der Waals surface area contributed by atoms with Gasteiger partial charge in [-0.2, -0.15) is 0 Å². The normalized spacial score (nSPS) is 15.5. The van der Waals surface area contributed by atoms with Crippen molar-refractivity contribution in [2.75, 3.05) is 13.1 Å². The highest BCUT2D eigenvalue weighted by molar-refractivity contribution is 5.98. The van der Waals surface area contributed by atoms with Gasteiger partial charge in [-0.3, -0.25) is 4.79 Å². The summed E-state index contributed by atoms with van der Waals surface area (Å²) in [6, 6.07) is 21.9. The molecule has 4 aromatic rings. The highest BCUT2D eigenvalue weighted by atomic mass is 16.3. The van der Waals surface area contributed by atoms with E-state index in [-0.39, 0.29) is 11.8 Å². The van der Waals surface area contributed by atoms with Crippen molar-refractivity contribution < 1.29 is 9.21 Å². The predicted octanol–water partition coefficient (Wildman–Crippen LogP) is 5.00. The van der Waals surface area contributed by atoms with Crippen LogP contribution in [0.2, 0.25) is 0 Å². The van der Waals surface area contributed by atoms with Crippen LogP contribution in [-0.4, -0.2) is 28.9 Å². The van der Waals surface area contributed by atoms with E-state index in [1.807, 2.05) is 65.6 Å². The van der Waals surface area contributed by atoms with Crippen LogP contribution in [0.25, 0.3) is 21.9 Å². The fourth-order valence-corrected chi connectivity index (χ4v) is 3.90. The Labute approximate surface area is 157 Å². The van der Waals surface area contributed by atoms with E-state index in [1.54, 1.807) is 0 Å². The standard InChI is InChI=1S/C23H20N2O2/c26-23(19-10-9-16-5-1-2-6-18(16)15-19)25-13-11-17(12-14-25)22-24-20-7-3-4-8-21(20)27-22/h1-10,15,17H,11-14H2. The Bertz CT molecular complexity index is 1090. The number of para-hydroxylation sites is 2. The second-order valence-corrected chi connectivity index (χ2v) is 7.15. The van der Waals surface area contributed by atoms with Crippen molar-refractivity contribution in [3.05, 3.63) is 78.2 Å². The van der Waals surface area contributed by atoms with Crippen LogP contribution in [0.15, 0.2) is 71.1 Å². The molecular formula is C23H20N2O2. The molecule has 0 atom stereocenters. The summed E-state index contributed by atoms with van der Waals surface area (Å²) in [7, 11) is 0. The first-order valence-corrected chi connectivity index (χ1v) is 9.41. The molecule has 5 rings (SSSR count). The first kappa shape index (κ1) is 16.1. The van der Waals surface area contributed by atoms with Crippen molar-refractivity contribution in [2.24, 2.45) is 0 Å². The lowest BCUT2D eigenvalue weighted by atomic mass is 9.96. The molecule has 134 valence electrons. The van der Waals surface area contributed by atoms with Crippen LogP contribution >= 0.6 is 0 Å². The second-order valence-electron chi connectivity index (χ2n) is 7.15. The van der Waals surface area contributed by atoms with Crippen LogP contribution in [0.4, 0.5) is 0 Å². The lowest BCUT2D eigenvalue weighted by Gasteiger charge is -2.30. The molecule has 0 radical (unpaired) electrons. The maximum absolute atomic E-state index is 12.9. The Kier molecular flexibility index (Phi) is 3.89. The van der Waals surface area contributed by atoms with Gasteiger partial charge in [-0.15, -0.1) is 0 Å². The molecule has 0 spiro atoms. The van der Waals surface area contributed by atoms with Gasteiger partial charge in [0, 0.05) is 24.6 Å². The molecule has 1 amide bonds. The number of carbonyl (C=O) groups excluding carboxylic acids is 1. The zero-order chi connectivity index (χ0) is 18.2. The smallest absolute Gasteiger partial charge is 0.253 e. The molecule has 0 bridgehead atoms. The van der Waals surface area contributed by atoms with Gasteiger partial charge < -0.3 is 9.32 Å². The Balaban J connectivity index is 1.31. The van der Waals surface area contributed by atoms with E-state index in [4.69, 9.17) is 4.42 Å². The number of aromatic nitrogens is 1. The third-order valence-electron chi connectivity index (χ3n) is 5.44. The summed E-state index contributed by atoms with van der Waals surface area (Å²) in [6.07, 6.45) is 1.76. The number of likely N-dealkylation sites (tertiary alicyclic amines) is 1. The number of piperidine rings is 1. The summed E-state index contributed by atoms with van der Waals surface area (Å²) >= 11 is 0. The van der Waals surface area contributed by atoms with E-state index in [9.17, 15) is 4.79 Å². The van der Waals surface area contributed by atoms with Crippen LogP contribution in [0.1, 0.15) is 35.0 Å². The minimum Gasteiger partial charge on any atom is -0.440 e. The summed E-state index contributed by atoms with van der Waals surface area (Å²) in [5, 5.41) is 2.26.